The average Bonchev–Trinajstić information content (AvgIpc) is 2.48. The molecule has 0 unspecified atom stereocenters. The molecule has 0 bridgehead atoms. The van der Waals surface area contributed by atoms with E-state index in [9.17, 15) is 15.2 Å². The maximum absolute atomic E-state index is 10.7. The summed E-state index contributed by atoms with van der Waals surface area (Å²) in [5, 5.41) is 26.7. The number of hydrogen-bond acceptors (Lipinski definition) is 4. The van der Waals surface area contributed by atoms with E-state index in [0.717, 1.165) is 11.3 Å². The number of nitro benzene ring substituents is 1. The molecule has 0 fully saturated rings. The van der Waals surface area contributed by atoms with E-state index in [4.69, 9.17) is 12.2 Å². The van der Waals surface area contributed by atoms with E-state index in [2.05, 4.69) is 10.6 Å². The third-order valence-electron chi connectivity index (χ3n) is 3.02. The zero-order valence-corrected chi connectivity index (χ0v) is 12.7. The van der Waals surface area contributed by atoms with E-state index in [0.29, 0.717) is 10.7 Å². The second-order valence-corrected chi connectivity index (χ2v) is 5.15. The Morgan fingerprint density at radius 2 is 1.95 bits per heavy atom. The molecule has 0 spiro atoms. The van der Waals surface area contributed by atoms with Gasteiger partial charge >= 0.3 is 0 Å². The predicted molar refractivity (Wildman–Crippen MR) is 89.0 cm³/mol. The molecule has 0 aliphatic heterocycles. The summed E-state index contributed by atoms with van der Waals surface area (Å²) in [6.45, 7) is 2.18. The number of nitrogens with one attached hydrogen (secondary N) is 2. The van der Waals surface area contributed by atoms with Crippen molar-refractivity contribution in [2.45, 2.75) is 13.5 Å². The average molecular weight is 317 g/mol. The van der Waals surface area contributed by atoms with Crippen LogP contribution >= 0.6 is 12.2 Å². The minimum atomic E-state index is -0.508. The molecule has 0 aromatic heterocycles. The van der Waals surface area contributed by atoms with Crippen LogP contribution in [0.25, 0.3) is 0 Å². The van der Waals surface area contributed by atoms with Gasteiger partial charge in [0, 0.05) is 29.9 Å². The number of rotatable bonds is 4. The van der Waals surface area contributed by atoms with Crippen molar-refractivity contribution in [1.29, 1.82) is 0 Å². The van der Waals surface area contributed by atoms with Gasteiger partial charge in [0.15, 0.2) is 5.11 Å². The Kier molecular flexibility index (Phi) is 4.90. The van der Waals surface area contributed by atoms with Crippen LogP contribution in [-0.2, 0) is 6.54 Å². The number of nitro groups is 1. The Morgan fingerprint density at radius 1 is 1.27 bits per heavy atom. The number of benzene rings is 2. The van der Waals surface area contributed by atoms with Crippen molar-refractivity contribution in [1.82, 2.24) is 5.32 Å². The summed E-state index contributed by atoms with van der Waals surface area (Å²) in [5.41, 5.74) is 2.31. The maximum Gasteiger partial charge on any atom is 0.270 e. The van der Waals surface area contributed by atoms with Crippen molar-refractivity contribution in [2.24, 2.45) is 0 Å². The lowest BCUT2D eigenvalue weighted by atomic mass is 10.2. The molecular weight excluding hydrogens is 302 g/mol. The zero-order valence-electron chi connectivity index (χ0n) is 11.9. The number of aromatic hydroxyl groups is 1. The van der Waals surface area contributed by atoms with Crippen LogP contribution in [0.2, 0.25) is 0 Å². The summed E-state index contributed by atoms with van der Waals surface area (Å²) < 4.78 is 0. The number of aryl methyl sites for hydroxylation is 1. The van der Waals surface area contributed by atoms with E-state index in [-0.39, 0.29) is 18.0 Å². The first-order valence-electron chi connectivity index (χ1n) is 6.53. The molecule has 0 atom stereocenters. The van der Waals surface area contributed by atoms with E-state index in [1.165, 1.54) is 18.2 Å². The molecule has 6 nitrogen and oxygen atoms in total. The molecule has 0 heterocycles. The van der Waals surface area contributed by atoms with Crippen molar-refractivity contribution in [3.05, 3.63) is 63.7 Å². The lowest BCUT2D eigenvalue weighted by molar-refractivity contribution is -0.384. The van der Waals surface area contributed by atoms with Gasteiger partial charge in [-0.2, -0.15) is 0 Å². The van der Waals surface area contributed by atoms with Crippen molar-refractivity contribution >= 4 is 28.7 Å². The van der Waals surface area contributed by atoms with Crippen LogP contribution in [0.15, 0.2) is 42.5 Å². The maximum atomic E-state index is 10.7. The molecule has 0 aliphatic carbocycles. The summed E-state index contributed by atoms with van der Waals surface area (Å²) in [7, 11) is 0. The molecule has 0 radical (unpaired) electrons. The van der Waals surface area contributed by atoms with Gasteiger partial charge in [-0.25, -0.2) is 0 Å². The minimum absolute atomic E-state index is 0.0174. The van der Waals surface area contributed by atoms with Crippen LogP contribution in [0.3, 0.4) is 0 Å². The summed E-state index contributed by atoms with van der Waals surface area (Å²) in [4.78, 5) is 10.2. The van der Waals surface area contributed by atoms with Crippen LogP contribution in [-0.4, -0.2) is 15.1 Å². The smallest absolute Gasteiger partial charge is 0.270 e. The van der Waals surface area contributed by atoms with Gasteiger partial charge in [0.2, 0.25) is 0 Å². The number of nitrogens with zero attached hydrogens (tertiary/aromatic N) is 1. The molecule has 22 heavy (non-hydrogen) atoms. The predicted octanol–water partition coefficient (Wildman–Crippen LogP) is 3.10. The Hall–Kier alpha value is -2.67. The van der Waals surface area contributed by atoms with Gasteiger partial charge in [0.05, 0.1) is 4.92 Å². The highest BCUT2D eigenvalue weighted by atomic mass is 32.1. The first-order chi connectivity index (χ1) is 10.5. The second-order valence-electron chi connectivity index (χ2n) is 4.74. The van der Waals surface area contributed by atoms with Gasteiger partial charge in [0.25, 0.3) is 5.69 Å². The highest BCUT2D eigenvalue weighted by molar-refractivity contribution is 7.80. The van der Waals surface area contributed by atoms with Gasteiger partial charge in [-0.15, -0.1) is 0 Å². The Bertz CT molecular complexity index is 702. The first kappa shape index (κ1) is 15.7. The van der Waals surface area contributed by atoms with Crippen molar-refractivity contribution in [2.75, 3.05) is 5.32 Å². The van der Waals surface area contributed by atoms with Gasteiger partial charge in [-0.3, -0.25) is 10.1 Å². The van der Waals surface area contributed by atoms with Crippen LogP contribution in [0.4, 0.5) is 11.4 Å². The number of thiocarbonyl (C=S) groups is 1. The summed E-state index contributed by atoms with van der Waals surface area (Å²) in [5.74, 6) is -0.0174. The SMILES string of the molecule is Cc1ccc(NC(=S)NCc2cc([N+](=O)[O-])ccc2O)cc1. The van der Waals surface area contributed by atoms with Crippen molar-refractivity contribution in [3.8, 4) is 5.75 Å². The molecule has 3 N–H and O–H groups in total. The largest absolute Gasteiger partial charge is 0.508 e. The van der Waals surface area contributed by atoms with Gasteiger partial charge in [-0.05, 0) is 37.3 Å². The Balaban J connectivity index is 1.97. The lowest BCUT2D eigenvalue weighted by Crippen LogP contribution is -2.27. The molecule has 2 aromatic carbocycles. The summed E-state index contributed by atoms with van der Waals surface area (Å²) >= 11 is 5.16. The van der Waals surface area contributed by atoms with Crippen LogP contribution < -0.4 is 10.6 Å². The molecule has 7 heteroatoms. The molecule has 2 aromatic rings. The molecule has 114 valence electrons. The van der Waals surface area contributed by atoms with E-state index in [1.54, 1.807) is 0 Å². The fourth-order valence-corrected chi connectivity index (χ4v) is 2.00. The molecule has 0 aliphatic rings. The highest BCUT2D eigenvalue weighted by Gasteiger charge is 2.10. The van der Waals surface area contributed by atoms with E-state index < -0.39 is 4.92 Å². The topological polar surface area (TPSA) is 87.4 Å². The Labute approximate surface area is 132 Å². The summed E-state index contributed by atoms with van der Waals surface area (Å²) in [6.07, 6.45) is 0. The molecular formula is C15H15N3O3S. The monoisotopic (exact) mass is 317 g/mol. The molecule has 0 saturated heterocycles. The fraction of sp³-hybridized carbons (Fsp3) is 0.133. The second kappa shape index (κ2) is 6.86. The van der Waals surface area contributed by atoms with Crippen LogP contribution in [0.5, 0.6) is 5.75 Å². The molecule has 2 rings (SSSR count). The van der Waals surface area contributed by atoms with Crippen LogP contribution in [0.1, 0.15) is 11.1 Å². The van der Waals surface area contributed by atoms with Crippen molar-refractivity contribution in [3.63, 3.8) is 0 Å². The third-order valence-corrected chi connectivity index (χ3v) is 3.27. The van der Waals surface area contributed by atoms with E-state index in [1.807, 2.05) is 31.2 Å². The Morgan fingerprint density at radius 3 is 2.59 bits per heavy atom. The normalized spacial score (nSPS) is 10.0. The van der Waals surface area contributed by atoms with Gasteiger partial charge < -0.3 is 15.7 Å². The number of non-ortho nitro benzene ring substituents is 1. The molecule has 0 amide bonds. The first-order valence-corrected chi connectivity index (χ1v) is 6.94. The fourth-order valence-electron chi connectivity index (χ4n) is 1.81. The third kappa shape index (κ3) is 4.16. The quantitative estimate of drug-likeness (QED) is 0.456. The minimum Gasteiger partial charge on any atom is -0.508 e. The van der Waals surface area contributed by atoms with Crippen LogP contribution in [0, 0.1) is 17.0 Å². The zero-order chi connectivity index (χ0) is 16.1. The van der Waals surface area contributed by atoms with E-state index >= 15 is 0 Å². The highest BCUT2D eigenvalue weighted by Crippen LogP contribution is 2.22. The number of phenols is 1. The number of hydrogen-bond donors (Lipinski definition) is 3. The summed E-state index contributed by atoms with van der Waals surface area (Å²) in [6, 6.07) is 11.6. The van der Waals surface area contributed by atoms with Gasteiger partial charge in [-0.1, -0.05) is 17.7 Å². The number of phenolic OH excluding ortho intramolecular Hbond substituents is 1. The van der Waals surface area contributed by atoms with Crippen molar-refractivity contribution < 1.29 is 10.0 Å². The number of anilines is 1. The lowest BCUT2D eigenvalue weighted by Gasteiger charge is -2.11. The van der Waals surface area contributed by atoms with Gasteiger partial charge in [0.1, 0.15) is 5.75 Å². The standard InChI is InChI=1S/C15H15N3O3S/c1-10-2-4-12(5-3-10)17-15(22)16-9-11-8-13(18(20)21)6-7-14(11)19/h2-8,19H,9H2,1H3,(H2,16,17,22). The molecule has 0 saturated carbocycles.